The van der Waals surface area contributed by atoms with E-state index in [4.69, 9.17) is 12.3 Å². The van der Waals surface area contributed by atoms with Crippen molar-refractivity contribution in [2.75, 3.05) is 0 Å². The second-order valence-corrected chi connectivity index (χ2v) is 11.9. The first-order chi connectivity index (χ1) is 14.6. The first kappa shape index (κ1) is 21.2. The van der Waals surface area contributed by atoms with E-state index in [-0.39, 0.29) is 23.8 Å². The number of rotatable bonds is 6. The van der Waals surface area contributed by atoms with Gasteiger partial charge in [0.1, 0.15) is 6.04 Å². The highest BCUT2D eigenvalue weighted by atomic mass is 16.3. The molecule has 0 aromatic carbocycles. The van der Waals surface area contributed by atoms with Crippen molar-refractivity contribution < 1.29 is 14.7 Å². The molecule has 0 aromatic heterocycles. The van der Waals surface area contributed by atoms with Gasteiger partial charge in [0.25, 0.3) is 5.91 Å². The van der Waals surface area contributed by atoms with Gasteiger partial charge in [-0.3, -0.25) is 19.3 Å². The second kappa shape index (κ2) is 7.18. The number of nitrogens with two attached hydrogens (primary N) is 1. The van der Waals surface area contributed by atoms with Crippen LogP contribution in [0.5, 0.6) is 0 Å². The number of aliphatic hydroxyl groups is 1. The lowest BCUT2D eigenvalue weighted by Crippen LogP contribution is -2.67. The number of hydrogen-bond donors (Lipinski definition) is 3. The van der Waals surface area contributed by atoms with Crippen LogP contribution >= 0.6 is 0 Å². The van der Waals surface area contributed by atoms with E-state index in [2.05, 4.69) is 10.2 Å². The van der Waals surface area contributed by atoms with Crippen molar-refractivity contribution in [2.45, 2.75) is 102 Å². The van der Waals surface area contributed by atoms with Crippen molar-refractivity contribution in [3.05, 3.63) is 11.4 Å². The zero-order valence-corrected chi connectivity index (χ0v) is 18.7. The lowest BCUT2D eigenvalue weighted by atomic mass is 9.46. The molecular weight excluding hydrogens is 392 g/mol. The van der Waals surface area contributed by atoms with Crippen LogP contribution in [0.4, 0.5) is 0 Å². The van der Waals surface area contributed by atoms with Crippen LogP contribution in [0.3, 0.4) is 0 Å². The molecule has 1 saturated heterocycles. The first-order valence-corrected chi connectivity index (χ1v) is 12.1. The minimum Gasteiger partial charge on any atom is -0.390 e. The SMILES string of the molecule is [C-]#[N+]C1CC2CC2N1C(=O)C(NC(=O)C(N)CC(C)C)C12CC3CC(CC(O)(C3)C1)C2. The lowest BCUT2D eigenvalue weighted by Gasteiger charge is -2.62. The van der Waals surface area contributed by atoms with Crippen LogP contribution < -0.4 is 11.1 Å². The van der Waals surface area contributed by atoms with Crippen LogP contribution in [0.15, 0.2) is 0 Å². The molecule has 1 aliphatic heterocycles. The van der Waals surface area contributed by atoms with Gasteiger partial charge >= 0.3 is 6.17 Å². The molecule has 31 heavy (non-hydrogen) atoms. The second-order valence-electron chi connectivity index (χ2n) is 11.9. The summed E-state index contributed by atoms with van der Waals surface area (Å²) >= 11 is 0. The van der Waals surface area contributed by atoms with Crippen molar-refractivity contribution >= 4 is 11.8 Å². The van der Waals surface area contributed by atoms with Crippen LogP contribution in [0.1, 0.15) is 71.6 Å². The molecule has 0 radical (unpaired) electrons. The summed E-state index contributed by atoms with van der Waals surface area (Å²) in [5.74, 6) is 1.15. The number of piperidine rings is 1. The fraction of sp³-hybridized carbons (Fsp3) is 0.875. The van der Waals surface area contributed by atoms with Gasteiger partial charge in [0.2, 0.25) is 5.91 Å². The van der Waals surface area contributed by atoms with Gasteiger partial charge in [0, 0.05) is 17.9 Å². The van der Waals surface area contributed by atoms with Crippen LogP contribution in [0.2, 0.25) is 0 Å². The molecule has 0 spiro atoms. The molecule has 4 bridgehead atoms. The van der Waals surface area contributed by atoms with Crippen molar-refractivity contribution in [2.24, 2.45) is 34.8 Å². The number of nitrogens with one attached hydrogen (secondary N) is 1. The van der Waals surface area contributed by atoms with E-state index < -0.39 is 29.3 Å². The largest absolute Gasteiger partial charge is 0.390 e. The van der Waals surface area contributed by atoms with E-state index in [1.165, 1.54) is 0 Å². The maximum atomic E-state index is 14.0. The summed E-state index contributed by atoms with van der Waals surface area (Å²) in [4.78, 5) is 32.6. The normalized spacial score (nSPS) is 44.0. The molecule has 6 fully saturated rings. The van der Waals surface area contributed by atoms with Crippen molar-refractivity contribution in [1.82, 2.24) is 10.2 Å². The third kappa shape index (κ3) is 3.56. The Hall–Kier alpha value is -1.65. The summed E-state index contributed by atoms with van der Waals surface area (Å²) in [7, 11) is 0. The third-order valence-corrected chi connectivity index (χ3v) is 8.76. The minimum absolute atomic E-state index is 0.110. The average molecular weight is 429 g/mol. The Kier molecular flexibility index (Phi) is 4.91. The van der Waals surface area contributed by atoms with Crippen LogP contribution in [-0.4, -0.2) is 51.7 Å². The average Bonchev–Trinajstić information content (AvgIpc) is 3.32. The quantitative estimate of drug-likeness (QED) is 0.564. The van der Waals surface area contributed by atoms with E-state index >= 15 is 0 Å². The summed E-state index contributed by atoms with van der Waals surface area (Å²) in [6, 6.07) is -1.21. The Morgan fingerprint density at radius 2 is 1.87 bits per heavy atom. The molecule has 7 unspecified atom stereocenters. The molecule has 2 amide bonds. The lowest BCUT2D eigenvalue weighted by molar-refractivity contribution is -0.182. The number of likely N-dealkylation sites (tertiary alicyclic amines) is 1. The molecule has 6 aliphatic rings. The third-order valence-electron chi connectivity index (χ3n) is 8.76. The highest BCUT2D eigenvalue weighted by Gasteiger charge is 2.64. The van der Waals surface area contributed by atoms with Crippen molar-refractivity contribution in [3.8, 4) is 0 Å². The number of carbonyl (C=O) groups is 2. The molecule has 0 aromatic rings. The van der Waals surface area contributed by atoms with E-state index in [1.54, 1.807) is 4.90 Å². The highest BCUT2D eigenvalue weighted by molar-refractivity contribution is 5.91. The Bertz CT molecular complexity index is 806. The Morgan fingerprint density at radius 1 is 1.19 bits per heavy atom. The van der Waals surface area contributed by atoms with E-state index in [0.717, 1.165) is 44.9 Å². The first-order valence-electron chi connectivity index (χ1n) is 12.1. The number of amides is 2. The molecule has 5 aliphatic carbocycles. The van der Waals surface area contributed by atoms with Crippen LogP contribution in [-0.2, 0) is 9.59 Å². The van der Waals surface area contributed by atoms with Gasteiger partial charge in [0.15, 0.2) is 0 Å². The highest BCUT2D eigenvalue weighted by Crippen LogP contribution is 2.63. The van der Waals surface area contributed by atoms with Crippen LogP contribution in [0.25, 0.3) is 4.85 Å². The molecule has 6 rings (SSSR count). The van der Waals surface area contributed by atoms with Gasteiger partial charge in [-0.2, -0.15) is 0 Å². The van der Waals surface area contributed by atoms with Gasteiger partial charge in [-0.15, -0.1) is 0 Å². The van der Waals surface area contributed by atoms with E-state index in [9.17, 15) is 14.7 Å². The Morgan fingerprint density at radius 3 is 2.45 bits per heavy atom. The number of fused-ring (bicyclic) bond motifs is 1. The molecular formula is C24H36N4O3. The molecule has 4 N–H and O–H groups in total. The van der Waals surface area contributed by atoms with Gasteiger partial charge in [-0.25, -0.2) is 6.57 Å². The summed E-state index contributed by atoms with van der Waals surface area (Å²) in [5, 5.41) is 14.4. The zero-order valence-electron chi connectivity index (χ0n) is 18.7. The molecule has 5 saturated carbocycles. The van der Waals surface area contributed by atoms with Crippen molar-refractivity contribution in [3.63, 3.8) is 0 Å². The van der Waals surface area contributed by atoms with Crippen LogP contribution in [0, 0.1) is 35.7 Å². The van der Waals surface area contributed by atoms with Gasteiger partial charge in [-0.1, -0.05) is 13.8 Å². The monoisotopic (exact) mass is 428 g/mol. The van der Waals surface area contributed by atoms with Gasteiger partial charge in [0.05, 0.1) is 11.6 Å². The molecule has 170 valence electrons. The minimum atomic E-state index is -0.723. The summed E-state index contributed by atoms with van der Waals surface area (Å²) in [5.41, 5.74) is 5.04. The molecule has 7 nitrogen and oxygen atoms in total. The number of hydrogen-bond acceptors (Lipinski definition) is 4. The Balaban J connectivity index is 1.46. The standard InChI is InChI=1S/C24H36N4O3/c1-13(2)4-17(25)21(29)27-20(22(30)28-18-6-16(18)7-19(28)26-3)23-8-14-5-15(9-23)11-24(31,10-14)12-23/h13-20,31H,4-12,25H2,1-2H3,(H,27,29). The maximum Gasteiger partial charge on any atom is 0.301 e. The van der Waals surface area contributed by atoms with E-state index in [1.807, 2.05) is 13.8 Å². The molecule has 1 heterocycles. The Labute approximate surface area is 184 Å². The summed E-state index contributed by atoms with van der Waals surface area (Å²) in [6.45, 7) is 11.7. The number of nitrogens with zero attached hydrogens (tertiary/aromatic N) is 2. The van der Waals surface area contributed by atoms with E-state index in [0.29, 0.717) is 30.6 Å². The smallest absolute Gasteiger partial charge is 0.301 e. The van der Waals surface area contributed by atoms with Gasteiger partial charge < -0.3 is 16.2 Å². The predicted molar refractivity (Wildman–Crippen MR) is 115 cm³/mol. The summed E-state index contributed by atoms with van der Waals surface area (Å²) in [6.07, 6.45) is 6.89. The number of carbonyl (C=O) groups excluding carboxylic acids is 2. The summed E-state index contributed by atoms with van der Waals surface area (Å²) < 4.78 is 0. The zero-order chi connectivity index (χ0) is 22.1. The molecule has 7 heteroatoms. The maximum absolute atomic E-state index is 14.0. The fourth-order valence-electron chi connectivity index (χ4n) is 7.97. The fourth-order valence-corrected chi connectivity index (χ4v) is 7.97. The predicted octanol–water partition coefficient (Wildman–Crippen LogP) is 2.04. The topological polar surface area (TPSA) is 100 Å². The van der Waals surface area contributed by atoms with Gasteiger partial charge in [-0.05, 0) is 75.0 Å². The molecule has 7 atom stereocenters. The van der Waals surface area contributed by atoms with Crippen molar-refractivity contribution in [1.29, 1.82) is 0 Å².